The maximum atomic E-state index is 12.3. The van der Waals surface area contributed by atoms with Crippen LogP contribution in [-0.4, -0.2) is 62.2 Å². The largest absolute Gasteiger partial charge is 0.507 e. The quantitative estimate of drug-likeness (QED) is 0.363. The third kappa shape index (κ3) is 3.80. The number of aliphatic hydroxyl groups is 2. The molecule has 1 aromatic carbocycles. The van der Waals surface area contributed by atoms with Gasteiger partial charge in [0.25, 0.3) is 11.7 Å². The maximum Gasteiger partial charge on any atom is 0.313 e. The van der Waals surface area contributed by atoms with Crippen LogP contribution < -0.4 is 0 Å². The lowest BCUT2D eigenvalue weighted by molar-refractivity contribution is -0.139. The molecule has 0 saturated carbocycles. The van der Waals surface area contributed by atoms with E-state index < -0.39 is 23.0 Å². The van der Waals surface area contributed by atoms with Crippen LogP contribution in [0.2, 0.25) is 0 Å². The lowest BCUT2D eigenvalue weighted by atomic mass is 10.1. The van der Waals surface area contributed by atoms with Gasteiger partial charge in [-0.2, -0.15) is 0 Å². The summed E-state index contributed by atoms with van der Waals surface area (Å²) in [7, 11) is 0. The highest BCUT2D eigenvalue weighted by Crippen LogP contribution is 2.35. The number of aliphatic carboxylic acids is 1. The lowest BCUT2D eigenvalue weighted by Crippen LogP contribution is -2.35. The number of hydrogen-bond donors (Lipinski definition) is 3. The zero-order valence-electron chi connectivity index (χ0n) is 12.3. The highest BCUT2D eigenvalue weighted by atomic mass is 79.9. The summed E-state index contributed by atoms with van der Waals surface area (Å²) in [6, 6.07) is 6.46. The van der Waals surface area contributed by atoms with Crippen molar-refractivity contribution in [2.75, 3.05) is 18.9 Å². The summed E-state index contributed by atoms with van der Waals surface area (Å²) in [4.78, 5) is 36.3. The van der Waals surface area contributed by atoms with E-state index in [9.17, 15) is 19.5 Å². The van der Waals surface area contributed by atoms with Crippen LogP contribution in [0.1, 0.15) is 5.56 Å². The molecule has 1 amide bonds. The topological polar surface area (TPSA) is 115 Å². The van der Waals surface area contributed by atoms with Gasteiger partial charge in [0.15, 0.2) is 0 Å². The van der Waals surface area contributed by atoms with Gasteiger partial charge in [0.05, 0.1) is 17.9 Å². The van der Waals surface area contributed by atoms with E-state index in [1.165, 1.54) is 0 Å². The molecule has 1 heterocycles. The van der Waals surface area contributed by atoms with E-state index >= 15 is 0 Å². The second-order valence-corrected chi connectivity index (χ2v) is 6.86. The van der Waals surface area contributed by atoms with Crippen molar-refractivity contribution in [2.24, 2.45) is 0 Å². The summed E-state index contributed by atoms with van der Waals surface area (Å²) in [5.74, 6) is -3.61. The van der Waals surface area contributed by atoms with Crippen LogP contribution in [0.25, 0.3) is 5.76 Å². The number of halogens is 1. The Kier molecular flexibility index (Phi) is 6.03. The average Bonchev–Trinajstić information content (AvgIpc) is 2.78. The molecule has 0 spiro atoms. The molecule has 3 N–H and O–H groups in total. The number of carboxylic acids is 1. The molecule has 1 aliphatic rings. The number of nitrogens with zero attached hydrogens (tertiary/aromatic N) is 1. The number of likely N-dealkylation sites (tertiary alicyclic amines) is 1. The van der Waals surface area contributed by atoms with Crippen LogP contribution in [0.5, 0.6) is 0 Å². The summed E-state index contributed by atoms with van der Waals surface area (Å²) >= 11 is 4.09. The molecule has 0 bridgehead atoms. The number of carbonyl (C=O) groups is 3. The molecule has 128 valence electrons. The van der Waals surface area contributed by atoms with Crippen molar-refractivity contribution in [1.29, 1.82) is 0 Å². The zero-order valence-corrected chi connectivity index (χ0v) is 14.7. The third-order valence-corrected chi connectivity index (χ3v) is 5.06. The molecule has 1 aromatic rings. The van der Waals surface area contributed by atoms with Gasteiger partial charge in [0.2, 0.25) is 0 Å². The van der Waals surface area contributed by atoms with Crippen LogP contribution in [0.15, 0.2) is 34.3 Å². The van der Waals surface area contributed by atoms with Crippen molar-refractivity contribution in [3.8, 4) is 0 Å². The molecule has 24 heavy (non-hydrogen) atoms. The summed E-state index contributed by atoms with van der Waals surface area (Å²) in [5, 5.41) is 27.4. The van der Waals surface area contributed by atoms with Crippen LogP contribution in [-0.2, 0) is 14.4 Å². The number of rotatable bonds is 6. The summed E-state index contributed by atoms with van der Waals surface area (Å²) in [5.41, 5.74) is 0.170. The fourth-order valence-electron chi connectivity index (χ4n) is 2.26. The predicted octanol–water partition coefficient (Wildman–Crippen LogP) is 1.27. The van der Waals surface area contributed by atoms with Gasteiger partial charge in [0, 0.05) is 16.6 Å². The number of aliphatic hydroxyl groups excluding tert-OH is 2. The van der Waals surface area contributed by atoms with Crippen LogP contribution in [0, 0.1) is 0 Å². The van der Waals surface area contributed by atoms with Gasteiger partial charge in [-0.25, -0.2) is 0 Å². The highest BCUT2D eigenvalue weighted by Gasteiger charge is 2.45. The molecular weight excluding hydrogens is 402 g/mol. The summed E-state index contributed by atoms with van der Waals surface area (Å²) in [6.07, 6.45) is 0. The molecule has 1 atom stereocenters. The number of carbonyl (C=O) groups excluding carboxylic acids is 2. The Bertz CT molecular complexity index is 702. The second-order valence-electron chi connectivity index (χ2n) is 4.88. The Morgan fingerprint density at radius 1 is 1.21 bits per heavy atom. The molecule has 2 rings (SSSR count). The molecule has 1 saturated heterocycles. The number of hydrogen-bond acceptors (Lipinski definition) is 6. The highest BCUT2D eigenvalue weighted by molar-refractivity contribution is 9.10. The van der Waals surface area contributed by atoms with Gasteiger partial charge < -0.3 is 20.2 Å². The molecule has 0 aromatic heterocycles. The molecular formula is C15H14BrNO6S. The first-order valence-corrected chi connectivity index (χ1v) is 8.69. The van der Waals surface area contributed by atoms with E-state index in [1.54, 1.807) is 24.3 Å². The first kappa shape index (κ1) is 18.5. The number of β-amino-alcohol motifs (C(OH)–C–C–N with tert-alkyl or cyclic N) is 1. The van der Waals surface area contributed by atoms with Crippen molar-refractivity contribution in [3.05, 3.63) is 39.9 Å². The Balaban J connectivity index is 2.47. The summed E-state index contributed by atoms with van der Waals surface area (Å²) in [6.45, 7) is -0.506. The fraction of sp³-hybridized carbons (Fsp3) is 0.267. The van der Waals surface area contributed by atoms with E-state index in [0.29, 0.717) is 5.56 Å². The van der Waals surface area contributed by atoms with E-state index in [2.05, 4.69) is 15.9 Å². The van der Waals surface area contributed by atoms with E-state index in [0.717, 1.165) is 21.1 Å². The van der Waals surface area contributed by atoms with Gasteiger partial charge in [-0.1, -0.05) is 28.1 Å². The number of benzene rings is 1. The van der Waals surface area contributed by atoms with Crippen LogP contribution >= 0.6 is 27.7 Å². The van der Waals surface area contributed by atoms with Gasteiger partial charge in [-0.15, -0.1) is 11.8 Å². The number of carboxylic acid groups (broad SMARTS) is 1. The van der Waals surface area contributed by atoms with Crippen LogP contribution in [0.4, 0.5) is 0 Å². The number of thioether (sulfide) groups is 1. The molecule has 0 radical (unpaired) electrons. The van der Waals surface area contributed by atoms with Crippen molar-refractivity contribution >= 4 is 51.1 Å². The Morgan fingerprint density at radius 3 is 2.38 bits per heavy atom. The minimum Gasteiger partial charge on any atom is -0.507 e. The SMILES string of the molecule is O=C(O)CSC1/C(=C(\O)c2ccc(Br)cc2)C(=O)C(=O)N1CCO. The fourth-order valence-corrected chi connectivity index (χ4v) is 3.59. The Morgan fingerprint density at radius 2 is 1.83 bits per heavy atom. The van der Waals surface area contributed by atoms with Gasteiger partial charge in [-0.3, -0.25) is 14.4 Å². The smallest absolute Gasteiger partial charge is 0.313 e. The van der Waals surface area contributed by atoms with E-state index in [-0.39, 0.29) is 30.2 Å². The lowest BCUT2D eigenvalue weighted by Gasteiger charge is -2.22. The molecule has 1 aliphatic heterocycles. The van der Waals surface area contributed by atoms with Crippen molar-refractivity contribution in [3.63, 3.8) is 0 Å². The van der Waals surface area contributed by atoms with Gasteiger partial charge in [-0.05, 0) is 12.1 Å². The normalized spacial score (nSPS) is 19.8. The number of Topliss-reactive ketones (excluding diaryl/α,β-unsaturated/α-hetero) is 1. The Hall–Kier alpha value is -1.84. The van der Waals surface area contributed by atoms with Crippen LogP contribution in [0.3, 0.4) is 0 Å². The Labute approximate surface area is 150 Å². The standard InChI is InChI=1S/C15H14BrNO6S/c16-9-3-1-8(2-4-9)12(21)11-13(22)14(23)17(5-6-18)15(11)24-7-10(19)20/h1-4,15,18,21H,5-7H2,(H,19,20)/b12-11-. The minimum atomic E-state index is -1.11. The third-order valence-electron chi connectivity index (χ3n) is 3.31. The molecule has 7 nitrogen and oxygen atoms in total. The monoisotopic (exact) mass is 415 g/mol. The first-order chi connectivity index (χ1) is 11.4. The zero-order chi connectivity index (χ0) is 17.9. The number of ketones is 1. The second kappa shape index (κ2) is 7.82. The molecule has 1 fully saturated rings. The number of amides is 1. The predicted molar refractivity (Wildman–Crippen MR) is 91.4 cm³/mol. The van der Waals surface area contributed by atoms with Crippen molar-refractivity contribution in [2.45, 2.75) is 5.37 Å². The first-order valence-electron chi connectivity index (χ1n) is 6.85. The van der Waals surface area contributed by atoms with Crippen molar-refractivity contribution in [1.82, 2.24) is 4.90 Å². The maximum absolute atomic E-state index is 12.3. The van der Waals surface area contributed by atoms with Crippen molar-refractivity contribution < 1.29 is 29.7 Å². The molecule has 1 unspecified atom stereocenters. The molecule has 9 heteroatoms. The minimum absolute atomic E-state index is 0.126. The van der Waals surface area contributed by atoms with Gasteiger partial charge >= 0.3 is 5.97 Å². The summed E-state index contributed by atoms with van der Waals surface area (Å²) < 4.78 is 0.775. The van der Waals surface area contributed by atoms with E-state index in [1.807, 2.05) is 0 Å². The average molecular weight is 416 g/mol. The molecule has 0 aliphatic carbocycles. The van der Waals surface area contributed by atoms with Gasteiger partial charge in [0.1, 0.15) is 11.1 Å². The van der Waals surface area contributed by atoms with E-state index in [4.69, 9.17) is 10.2 Å².